The van der Waals surface area contributed by atoms with E-state index in [2.05, 4.69) is 21.9 Å². The third kappa shape index (κ3) is 7.61. The van der Waals surface area contributed by atoms with Crippen LogP contribution in [0.3, 0.4) is 0 Å². The molecular weight excluding hydrogens is 508 g/mol. The first-order valence-electron chi connectivity index (χ1n) is 10.8. The number of nitrogens with zero attached hydrogens (tertiary/aromatic N) is 3. The van der Waals surface area contributed by atoms with Gasteiger partial charge in [-0.15, -0.1) is 0 Å². The molecule has 0 aromatic carbocycles. The number of aliphatic imine (C=N–C) groups is 1. The summed E-state index contributed by atoms with van der Waals surface area (Å²) < 4.78 is 20.2. The van der Waals surface area contributed by atoms with Crippen LogP contribution < -0.4 is 15.6 Å². The van der Waals surface area contributed by atoms with E-state index in [1.165, 1.54) is 36.8 Å². The molecule has 0 saturated heterocycles. The molecule has 2 heterocycles. The van der Waals surface area contributed by atoms with Crippen LogP contribution in [0.15, 0.2) is 58.6 Å². The van der Waals surface area contributed by atoms with Crippen LogP contribution >= 0.6 is 23.2 Å². The monoisotopic (exact) mass is 535 g/mol. The predicted molar refractivity (Wildman–Crippen MR) is 143 cm³/mol. The van der Waals surface area contributed by atoms with Gasteiger partial charge >= 0.3 is 0 Å². The number of aromatic nitrogens is 2. The lowest BCUT2D eigenvalue weighted by Gasteiger charge is -2.16. The number of pyridine rings is 2. The molecule has 0 atom stereocenters. The van der Waals surface area contributed by atoms with E-state index in [-0.39, 0.29) is 34.8 Å². The zero-order valence-electron chi connectivity index (χ0n) is 20.4. The highest BCUT2D eigenvalue weighted by Gasteiger charge is 2.17. The minimum absolute atomic E-state index is 0.0557. The summed E-state index contributed by atoms with van der Waals surface area (Å²) in [5.41, 5.74) is 0.284. The van der Waals surface area contributed by atoms with Gasteiger partial charge in [0.2, 0.25) is 0 Å². The van der Waals surface area contributed by atoms with Crippen molar-refractivity contribution in [2.45, 2.75) is 39.9 Å². The quantitative estimate of drug-likeness (QED) is 0.215. The maximum atomic E-state index is 13.2. The van der Waals surface area contributed by atoms with Crippen LogP contribution in [0.1, 0.15) is 32.2 Å². The summed E-state index contributed by atoms with van der Waals surface area (Å²) in [6.07, 6.45) is 7.08. The Balaban J connectivity index is 2.20. The van der Waals surface area contributed by atoms with Crippen LogP contribution in [0.2, 0.25) is 10.0 Å². The fraction of sp³-hybridized carbons (Fsp3) is 0.280. The topological polar surface area (TPSA) is 113 Å². The summed E-state index contributed by atoms with van der Waals surface area (Å²) >= 11 is 12.3. The lowest BCUT2D eigenvalue weighted by atomic mass is 10.0. The third-order valence-corrected chi connectivity index (χ3v) is 5.56. The molecule has 0 amide bonds. The molecule has 3 N–H and O–H groups in total. The van der Waals surface area contributed by atoms with Gasteiger partial charge in [-0.3, -0.25) is 19.3 Å². The van der Waals surface area contributed by atoms with Crippen molar-refractivity contribution in [2.75, 3.05) is 6.67 Å². The Bertz CT molecular complexity index is 1290. The Kier molecular flexibility index (Phi) is 10.2. The van der Waals surface area contributed by atoms with E-state index in [1.807, 2.05) is 0 Å². The normalized spacial score (nSPS) is 12.7. The Labute approximate surface area is 219 Å². The van der Waals surface area contributed by atoms with Crippen LogP contribution in [0, 0.1) is 18.2 Å². The molecule has 0 saturated carbocycles. The van der Waals surface area contributed by atoms with Crippen molar-refractivity contribution < 1.29 is 14.2 Å². The largest absolute Gasteiger partial charge is 0.485 e. The summed E-state index contributed by atoms with van der Waals surface area (Å²) in [5.74, 6) is -0.429. The van der Waals surface area contributed by atoms with Gasteiger partial charge in [0.05, 0.1) is 28.3 Å². The van der Waals surface area contributed by atoms with Crippen molar-refractivity contribution in [2.24, 2.45) is 4.99 Å². The second-order valence-electron chi connectivity index (χ2n) is 8.23. The summed E-state index contributed by atoms with van der Waals surface area (Å²) in [4.78, 5) is 21.2. The number of halogens is 3. The molecule has 0 aliphatic heterocycles. The molecule has 0 spiro atoms. The molecule has 0 radical (unpaired) electrons. The van der Waals surface area contributed by atoms with Crippen molar-refractivity contribution in [3.05, 3.63) is 86.4 Å². The van der Waals surface area contributed by atoms with Crippen molar-refractivity contribution in [1.82, 2.24) is 14.9 Å². The highest BCUT2D eigenvalue weighted by Crippen LogP contribution is 2.26. The first-order valence-corrected chi connectivity index (χ1v) is 11.5. The first kappa shape index (κ1) is 29.0. The maximum Gasteiger partial charge on any atom is 0.277 e. The van der Waals surface area contributed by atoms with Crippen molar-refractivity contribution >= 4 is 40.8 Å². The lowest BCUT2D eigenvalue weighted by Crippen LogP contribution is -2.29. The van der Waals surface area contributed by atoms with Gasteiger partial charge in [0, 0.05) is 18.0 Å². The summed E-state index contributed by atoms with van der Waals surface area (Å²) in [6.45, 7) is 10.4. The number of hydrogen-bond acceptors (Lipinski definition) is 7. The van der Waals surface area contributed by atoms with Crippen molar-refractivity contribution in [3.63, 3.8) is 0 Å². The van der Waals surface area contributed by atoms with Gasteiger partial charge in [-0.2, -0.15) is 0 Å². The number of ether oxygens (including phenoxy) is 1. The number of allylic oxidation sites excluding steroid dienone is 3. The Morgan fingerprint density at radius 1 is 1.42 bits per heavy atom. The molecule has 0 aliphatic rings. The number of aryl methyl sites for hydroxylation is 1. The summed E-state index contributed by atoms with van der Waals surface area (Å²) in [5, 5.41) is 20.3. The third-order valence-electron chi connectivity index (χ3n) is 4.88. The van der Waals surface area contributed by atoms with Gasteiger partial charge in [-0.05, 0) is 57.7 Å². The molecule has 2 rings (SSSR count). The second-order valence-corrected chi connectivity index (χ2v) is 9.01. The van der Waals surface area contributed by atoms with E-state index in [9.17, 15) is 14.3 Å². The number of nitrogens with one attached hydrogen (secondary N) is 2. The fourth-order valence-corrected chi connectivity index (χ4v) is 3.31. The maximum absolute atomic E-state index is 13.2. The Morgan fingerprint density at radius 3 is 2.72 bits per heavy atom. The molecule has 2 aromatic heterocycles. The molecule has 2 aromatic rings. The van der Waals surface area contributed by atoms with E-state index >= 15 is 0 Å². The van der Waals surface area contributed by atoms with E-state index in [1.54, 1.807) is 26.1 Å². The molecule has 11 heteroatoms. The average molecular weight is 536 g/mol. The molecule has 0 fully saturated rings. The number of aliphatic hydroxyl groups is 1. The molecule has 8 nitrogen and oxygen atoms in total. The molecule has 0 aliphatic carbocycles. The smallest absolute Gasteiger partial charge is 0.277 e. The summed E-state index contributed by atoms with van der Waals surface area (Å²) in [6, 6.07) is 2.72. The minimum Gasteiger partial charge on any atom is -0.485 e. The van der Waals surface area contributed by atoms with Gasteiger partial charge in [0.15, 0.2) is 0 Å². The Morgan fingerprint density at radius 2 is 2.11 bits per heavy atom. The van der Waals surface area contributed by atoms with E-state index in [4.69, 9.17) is 33.3 Å². The van der Waals surface area contributed by atoms with Crippen LogP contribution in [0.5, 0.6) is 5.75 Å². The average Bonchev–Trinajstić information content (AvgIpc) is 2.80. The fourth-order valence-electron chi connectivity index (χ4n) is 2.91. The van der Waals surface area contributed by atoms with E-state index in [0.29, 0.717) is 22.7 Å². The predicted octanol–water partition coefficient (Wildman–Crippen LogP) is 4.92. The number of rotatable bonds is 11. The standard InChI is InChI=1S/C25H28Cl2FN5O3/c1-6-20(15(2)11-31-14-30-8-7-22(29)25(4,5)35)33-16(3)9-21(23(27)24(33)34)36-13-19-18(26)10-17(28)12-32-19/h6-12,29-30,35H,1,13-14H2,2-5H3/b8-7-,20-15+,29-22?,31-11-. The van der Waals surface area contributed by atoms with Gasteiger partial charge in [-0.1, -0.05) is 29.8 Å². The lowest BCUT2D eigenvalue weighted by molar-refractivity contribution is 0.154. The van der Waals surface area contributed by atoms with Gasteiger partial charge in [0.1, 0.15) is 35.5 Å². The van der Waals surface area contributed by atoms with Crippen LogP contribution in [-0.2, 0) is 6.61 Å². The molecular formula is C25H28Cl2FN5O3. The van der Waals surface area contributed by atoms with Gasteiger partial charge < -0.3 is 20.6 Å². The van der Waals surface area contributed by atoms with Gasteiger partial charge in [-0.25, -0.2) is 4.39 Å². The van der Waals surface area contributed by atoms with Gasteiger partial charge in [0.25, 0.3) is 5.56 Å². The van der Waals surface area contributed by atoms with Crippen molar-refractivity contribution in [1.29, 1.82) is 5.41 Å². The van der Waals surface area contributed by atoms with Crippen LogP contribution in [0.4, 0.5) is 4.39 Å². The molecule has 36 heavy (non-hydrogen) atoms. The molecule has 192 valence electrons. The highest BCUT2D eigenvalue weighted by molar-refractivity contribution is 6.32. The van der Waals surface area contributed by atoms with Crippen LogP contribution in [-0.4, -0.2) is 38.9 Å². The first-order chi connectivity index (χ1) is 16.9. The highest BCUT2D eigenvalue weighted by atomic mass is 35.5. The zero-order valence-corrected chi connectivity index (χ0v) is 21.9. The molecule has 0 bridgehead atoms. The second kappa shape index (κ2) is 12.6. The van der Waals surface area contributed by atoms with E-state index in [0.717, 1.165) is 12.3 Å². The summed E-state index contributed by atoms with van der Waals surface area (Å²) in [7, 11) is 0. The number of hydrogen-bond donors (Lipinski definition) is 3. The van der Waals surface area contributed by atoms with Crippen LogP contribution in [0.25, 0.3) is 5.70 Å². The Hall–Kier alpha value is -3.27. The zero-order chi connectivity index (χ0) is 27.0. The minimum atomic E-state index is -1.22. The van der Waals surface area contributed by atoms with Crippen molar-refractivity contribution in [3.8, 4) is 5.75 Å². The SMILES string of the molecule is C=C/C(=C(C)\C=N/CN/C=C\C(=N)C(C)(C)O)n1c(C)cc(OCc2ncc(F)cc2Cl)c(Cl)c1=O. The molecule has 0 unspecified atom stereocenters. The van der Waals surface area contributed by atoms with E-state index < -0.39 is 17.0 Å².